The minimum atomic E-state index is 0.105. The van der Waals surface area contributed by atoms with Crippen LogP contribution in [0.25, 0.3) is 0 Å². The summed E-state index contributed by atoms with van der Waals surface area (Å²) in [7, 11) is 2.59. The highest BCUT2D eigenvalue weighted by atomic mass is 35.5. The van der Waals surface area contributed by atoms with Gasteiger partial charge in [0.15, 0.2) is 0 Å². The van der Waals surface area contributed by atoms with Gasteiger partial charge in [0.2, 0.25) is 0 Å². The van der Waals surface area contributed by atoms with Crippen LogP contribution in [0.15, 0.2) is 35.7 Å². The van der Waals surface area contributed by atoms with E-state index in [2.05, 4.69) is 15.8 Å². The molecule has 0 radical (unpaired) electrons. The predicted molar refractivity (Wildman–Crippen MR) is 57.1 cm³/mol. The summed E-state index contributed by atoms with van der Waals surface area (Å²) in [5, 5.41) is 1.18. The van der Waals surface area contributed by atoms with Gasteiger partial charge in [-0.15, -0.1) is 20.8 Å². The van der Waals surface area contributed by atoms with Crippen LogP contribution in [0.2, 0.25) is 0 Å². The van der Waals surface area contributed by atoms with Crippen molar-refractivity contribution in [2.75, 3.05) is 0 Å². The Balaban J connectivity index is 4.22. The molecule has 0 bridgehead atoms. The Bertz CT molecular complexity index is 190. The molecular weight excluding hydrogens is 175 g/mol. The van der Waals surface area contributed by atoms with Crippen LogP contribution < -0.4 is 0 Å². The molecule has 2 atom stereocenters. The standard InChI is InChI=1S/C9H14ClP/c1-4-9(11)6-5-7(2)8(3)10/h4-6,8H,1,11H2,2-3H3/b7-5-,9-6+. The quantitative estimate of drug-likeness (QED) is 0.361. The number of hydrogen-bond donors (Lipinski definition) is 0. The zero-order valence-corrected chi connectivity index (χ0v) is 8.88. The van der Waals surface area contributed by atoms with Crippen LogP contribution >= 0.6 is 20.8 Å². The molecule has 0 saturated heterocycles. The molecule has 2 unspecified atom stereocenters. The summed E-state index contributed by atoms with van der Waals surface area (Å²) in [5.41, 5.74) is 1.16. The van der Waals surface area contributed by atoms with Crippen molar-refractivity contribution < 1.29 is 0 Å². The first-order valence-corrected chi connectivity index (χ1v) is 4.49. The average molecular weight is 189 g/mol. The van der Waals surface area contributed by atoms with E-state index in [-0.39, 0.29) is 5.38 Å². The summed E-state index contributed by atoms with van der Waals surface area (Å²) >= 11 is 5.82. The fraction of sp³-hybridized carbons (Fsp3) is 0.333. The predicted octanol–water partition coefficient (Wildman–Crippen LogP) is 3.51. The van der Waals surface area contributed by atoms with Crippen LogP contribution in [0.5, 0.6) is 0 Å². The minimum Gasteiger partial charge on any atom is -0.118 e. The molecule has 0 aliphatic heterocycles. The zero-order chi connectivity index (χ0) is 8.85. The number of allylic oxidation sites excluding steroid dienone is 5. The Morgan fingerprint density at radius 3 is 2.45 bits per heavy atom. The van der Waals surface area contributed by atoms with Gasteiger partial charge in [0.1, 0.15) is 0 Å². The third-order valence-corrected chi connectivity index (χ3v) is 2.17. The van der Waals surface area contributed by atoms with Crippen molar-refractivity contribution in [2.45, 2.75) is 19.2 Å². The first-order chi connectivity index (χ1) is 5.07. The highest BCUT2D eigenvalue weighted by Crippen LogP contribution is 2.11. The lowest BCUT2D eigenvalue weighted by Crippen LogP contribution is -1.90. The SMILES string of the molecule is C=C/C(P)=C\C=C(\C)C(C)Cl. The van der Waals surface area contributed by atoms with Crippen molar-refractivity contribution in [3.8, 4) is 0 Å². The van der Waals surface area contributed by atoms with E-state index in [4.69, 9.17) is 11.6 Å². The molecule has 11 heavy (non-hydrogen) atoms. The molecule has 0 aliphatic carbocycles. The Hall–Kier alpha value is -0.0600. The van der Waals surface area contributed by atoms with Crippen molar-refractivity contribution >= 4 is 20.8 Å². The molecule has 0 aliphatic rings. The maximum atomic E-state index is 5.82. The zero-order valence-electron chi connectivity index (χ0n) is 6.97. The fourth-order valence-electron chi connectivity index (χ4n) is 0.428. The second-order valence-electron chi connectivity index (χ2n) is 2.40. The molecule has 2 heteroatoms. The number of rotatable bonds is 3. The summed E-state index contributed by atoms with van der Waals surface area (Å²) in [4.78, 5) is 0. The molecule has 0 fully saturated rings. The van der Waals surface area contributed by atoms with Crippen molar-refractivity contribution in [1.82, 2.24) is 0 Å². The molecule has 0 rings (SSSR count). The van der Waals surface area contributed by atoms with E-state index in [1.54, 1.807) is 6.08 Å². The molecule has 62 valence electrons. The van der Waals surface area contributed by atoms with E-state index >= 15 is 0 Å². The van der Waals surface area contributed by atoms with Gasteiger partial charge in [-0.3, -0.25) is 0 Å². The molecule has 0 N–H and O–H groups in total. The van der Waals surface area contributed by atoms with E-state index in [1.165, 1.54) is 0 Å². The smallest absolute Gasteiger partial charge is 0.0517 e. The summed E-state index contributed by atoms with van der Waals surface area (Å²) in [6.07, 6.45) is 5.76. The van der Waals surface area contributed by atoms with Crippen LogP contribution in [-0.4, -0.2) is 5.38 Å². The van der Waals surface area contributed by atoms with Gasteiger partial charge >= 0.3 is 0 Å². The Kier molecular flexibility index (Phi) is 5.54. The molecular formula is C9H14ClP. The van der Waals surface area contributed by atoms with Gasteiger partial charge in [0, 0.05) is 0 Å². The van der Waals surface area contributed by atoms with E-state index in [0.29, 0.717) is 0 Å². The molecule has 0 heterocycles. The van der Waals surface area contributed by atoms with E-state index in [9.17, 15) is 0 Å². The lowest BCUT2D eigenvalue weighted by molar-refractivity contribution is 1.11. The van der Waals surface area contributed by atoms with E-state index < -0.39 is 0 Å². The maximum absolute atomic E-state index is 5.82. The van der Waals surface area contributed by atoms with Gasteiger partial charge in [0.05, 0.1) is 5.38 Å². The molecule has 0 aromatic rings. The Labute approximate surface area is 76.2 Å². The van der Waals surface area contributed by atoms with Crippen molar-refractivity contribution in [3.63, 3.8) is 0 Å². The number of hydrogen-bond acceptors (Lipinski definition) is 0. The lowest BCUT2D eigenvalue weighted by Gasteiger charge is -1.99. The average Bonchev–Trinajstić information content (AvgIpc) is 1.99. The minimum absolute atomic E-state index is 0.105. The van der Waals surface area contributed by atoms with Gasteiger partial charge in [-0.25, -0.2) is 0 Å². The molecule has 0 spiro atoms. The van der Waals surface area contributed by atoms with Crippen LogP contribution in [0.1, 0.15) is 13.8 Å². The summed E-state index contributed by atoms with van der Waals surface area (Å²) in [6.45, 7) is 7.60. The van der Waals surface area contributed by atoms with Crippen LogP contribution in [-0.2, 0) is 0 Å². The van der Waals surface area contributed by atoms with Crippen molar-refractivity contribution in [2.24, 2.45) is 0 Å². The molecule has 0 nitrogen and oxygen atoms in total. The van der Waals surface area contributed by atoms with Crippen molar-refractivity contribution in [1.29, 1.82) is 0 Å². The Morgan fingerprint density at radius 1 is 1.55 bits per heavy atom. The monoisotopic (exact) mass is 188 g/mol. The second kappa shape index (κ2) is 5.57. The number of alkyl halides is 1. The van der Waals surface area contributed by atoms with Gasteiger partial charge in [0.25, 0.3) is 0 Å². The number of halogens is 1. The third-order valence-electron chi connectivity index (χ3n) is 1.40. The highest BCUT2D eigenvalue weighted by Gasteiger charge is 1.95. The third kappa shape index (κ3) is 5.24. The molecule has 0 saturated carbocycles. The molecule has 0 amide bonds. The first-order valence-electron chi connectivity index (χ1n) is 3.48. The summed E-state index contributed by atoms with van der Waals surface area (Å²) < 4.78 is 0. The molecule has 0 aromatic carbocycles. The van der Waals surface area contributed by atoms with Crippen LogP contribution in [0, 0.1) is 0 Å². The van der Waals surface area contributed by atoms with E-state index in [1.807, 2.05) is 26.0 Å². The van der Waals surface area contributed by atoms with Crippen molar-refractivity contribution in [3.05, 3.63) is 35.7 Å². The lowest BCUT2D eigenvalue weighted by atomic mass is 10.2. The second-order valence-corrected chi connectivity index (χ2v) is 3.72. The largest absolute Gasteiger partial charge is 0.118 e. The molecule has 0 aromatic heterocycles. The fourth-order valence-corrected chi connectivity index (χ4v) is 0.597. The van der Waals surface area contributed by atoms with E-state index in [0.717, 1.165) is 10.9 Å². The Morgan fingerprint density at radius 2 is 2.09 bits per heavy atom. The van der Waals surface area contributed by atoms with Gasteiger partial charge < -0.3 is 0 Å². The van der Waals surface area contributed by atoms with Crippen LogP contribution in [0.3, 0.4) is 0 Å². The van der Waals surface area contributed by atoms with Gasteiger partial charge in [-0.2, -0.15) is 0 Å². The summed E-state index contributed by atoms with van der Waals surface area (Å²) in [5.74, 6) is 0. The van der Waals surface area contributed by atoms with Crippen LogP contribution in [0.4, 0.5) is 0 Å². The normalized spacial score (nSPS) is 16.4. The van der Waals surface area contributed by atoms with Gasteiger partial charge in [-0.1, -0.05) is 30.4 Å². The maximum Gasteiger partial charge on any atom is 0.0517 e. The van der Waals surface area contributed by atoms with Gasteiger partial charge in [-0.05, 0) is 19.2 Å². The topological polar surface area (TPSA) is 0 Å². The summed E-state index contributed by atoms with van der Waals surface area (Å²) in [6, 6.07) is 0. The first kappa shape index (κ1) is 10.9. The highest BCUT2D eigenvalue weighted by molar-refractivity contribution is 7.22.